The van der Waals surface area contributed by atoms with Crippen LogP contribution in [-0.2, 0) is 11.3 Å². The second-order valence-electron chi connectivity index (χ2n) is 7.78. The molecule has 0 spiro atoms. The van der Waals surface area contributed by atoms with E-state index in [9.17, 15) is 14.0 Å². The molecule has 4 rings (SSSR count). The van der Waals surface area contributed by atoms with Gasteiger partial charge in [0.2, 0.25) is 11.8 Å². The highest BCUT2D eigenvalue weighted by Crippen LogP contribution is 2.22. The van der Waals surface area contributed by atoms with Gasteiger partial charge in [-0.15, -0.1) is 0 Å². The van der Waals surface area contributed by atoms with E-state index in [0.29, 0.717) is 30.9 Å². The summed E-state index contributed by atoms with van der Waals surface area (Å²) in [6, 6.07) is 18.3. The lowest BCUT2D eigenvalue weighted by molar-refractivity contribution is -0.128. The number of hydrogen-bond donors (Lipinski definition) is 1. The van der Waals surface area contributed by atoms with Gasteiger partial charge >= 0.3 is 0 Å². The van der Waals surface area contributed by atoms with Crippen LogP contribution in [-0.4, -0.2) is 59.3 Å². The Balaban J connectivity index is 1.47. The Hall–Kier alpha value is -3.78. The van der Waals surface area contributed by atoms with Gasteiger partial charge in [0.15, 0.2) is 0 Å². The predicted molar refractivity (Wildman–Crippen MR) is 121 cm³/mol. The Morgan fingerprint density at radius 2 is 1.91 bits per heavy atom. The van der Waals surface area contributed by atoms with Crippen molar-refractivity contribution in [1.82, 2.24) is 20.1 Å². The molecule has 0 aliphatic carbocycles. The zero-order valence-electron chi connectivity index (χ0n) is 18.3. The van der Waals surface area contributed by atoms with Crippen LogP contribution in [0.4, 0.5) is 4.39 Å². The number of benzene rings is 2. The number of likely N-dealkylation sites (N-methyl/N-ethyl adjacent to an activating group) is 1. The minimum Gasteiger partial charge on any atom is -0.439 e. The minimum absolute atomic E-state index is 0.131. The summed E-state index contributed by atoms with van der Waals surface area (Å²) >= 11 is 0. The first-order valence-corrected chi connectivity index (χ1v) is 10.7. The summed E-state index contributed by atoms with van der Waals surface area (Å²) < 4.78 is 19.0. The fourth-order valence-electron chi connectivity index (χ4n) is 3.86. The molecule has 0 unspecified atom stereocenters. The smallest absolute Gasteiger partial charge is 0.254 e. The zero-order chi connectivity index (χ0) is 23.2. The third kappa shape index (κ3) is 5.53. The van der Waals surface area contributed by atoms with Crippen molar-refractivity contribution in [3.05, 3.63) is 89.9 Å². The van der Waals surface area contributed by atoms with Crippen molar-refractivity contribution >= 4 is 11.8 Å². The van der Waals surface area contributed by atoms with Crippen molar-refractivity contribution in [3.8, 4) is 11.6 Å². The van der Waals surface area contributed by atoms with Crippen LogP contribution in [0.2, 0.25) is 0 Å². The van der Waals surface area contributed by atoms with Gasteiger partial charge in [0.1, 0.15) is 17.6 Å². The number of carbonyl (C=O) groups is 2. The van der Waals surface area contributed by atoms with Crippen LogP contribution in [0.15, 0.2) is 72.9 Å². The topological polar surface area (TPSA) is 74.8 Å². The van der Waals surface area contributed by atoms with Gasteiger partial charge in [-0.2, -0.15) is 0 Å². The summed E-state index contributed by atoms with van der Waals surface area (Å²) in [5, 5.41) is 2.71. The van der Waals surface area contributed by atoms with E-state index >= 15 is 0 Å². The number of nitrogens with one attached hydrogen (secondary N) is 1. The summed E-state index contributed by atoms with van der Waals surface area (Å²) in [6.45, 7) is 1.95. The van der Waals surface area contributed by atoms with Crippen LogP contribution in [0, 0.1) is 5.82 Å². The minimum atomic E-state index is -0.460. The molecule has 2 heterocycles. The summed E-state index contributed by atoms with van der Waals surface area (Å²) in [6.07, 6.45) is 1.48. The summed E-state index contributed by atoms with van der Waals surface area (Å²) in [4.78, 5) is 33.7. The molecule has 1 aliphatic rings. The molecule has 1 saturated heterocycles. The number of aromatic nitrogens is 1. The van der Waals surface area contributed by atoms with Crippen molar-refractivity contribution in [2.75, 3.05) is 26.7 Å². The molecule has 170 valence electrons. The third-order valence-electron chi connectivity index (χ3n) is 5.56. The standard InChI is InChI=1S/C25H25FN4O3/c1-27-24(31)22-17-30(13-12-29(22)16-18-6-3-2-4-7-18)25(32)19-10-11-28-23(14-19)33-21-9-5-8-20(26)15-21/h2-11,14-15,22H,12-13,16-17H2,1H3,(H,27,31)/t22-/m0/s1. The van der Waals surface area contributed by atoms with E-state index in [2.05, 4.69) is 15.2 Å². The molecule has 1 N–H and O–H groups in total. The molecule has 7 nitrogen and oxygen atoms in total. The highest BCUT2D eigenvalue weighted by atomic mass is 19.1. The molecule has 8 heteroatoms. The van der Waals surface area contributed by atoms with E-state index in [4.69, 9.17) is 4.74 Å². The zero-order valence-corrected chi connectivity index (χ0v) is 18.3. The van der Waals surface area contributed by atoms with Gasteiger partial charge in [0.25, 0.3) is 5.91 Å². The van der Waals surface area contributed by atoms with Crippen LogP contribution in [0.5, 0.6) is 11.6 Å². The van der Waals surface area contributed by atoms with Gasteiger partial charge in [-0.05, 0) is 23.8 Å². The maximum absolute atomic E-state index is 13.4. The summed E-state index contributed by atoms with van der Waals surface area (Å²) in [5.41, 5.74) is 1.50. The van der Waals surface area contributed by atoms with Gasteiger partial charge in [0.05, 0.1) is 0 Å². The SMILES string of the molecule is CNC(=O)[C@@H]1CN(C(=O)c2ccnc(Oc3cccc(F)c3)c2)CCN1Cc1ccccc1. The van der Waals surface area contributed by atoms with Crippen molar-refractivity contribution in [2.45, 2.75) is 12.6 Å². The van der Waals surface area contributed by atoms with Crippen molar-refractivity contribution in [1.29, 1.82) is 0 Å². The fraction of sp³-hybridized carbons (Fsp3) is 0.240. The Morgan fingerprint density at radius 1 is 1.09 bits per heavy atom. The lowest BCUT2D eigenvalue weighted by Crippen LogP contribution is -2.59. The summed E-state index contributed by atoms with van der Waals surface area (Å²) in [5.74, 6) is -0.283. The average Bonchev–Trinajstić information content (AvgIpc) is 2.84. The molecule has 2 amide bonds. The third-order valence-corrected chi connectivity index (χ3v) is 5.56. The first kappa shape index (κ1) is 22.4. The number of nitrogens with zero attached hydrogens (tertiary/aromatic N) is 3. The normalized spacial score (nSPS) is 16.3. The van der Waals surface area contributed by atoms with Crippen LogP contribution >= 0.6 is 0 Å². The molecule has 1 atom stereocenters. The molecular formula is C25H25FN4O3. The number of amides is 2. The van der Waals surface area contributed by atoms with Gasteiger partial charge in [-0.1, -0.05) is 36.4 Å². The Morgan fingerprint density at radius 3 is 2.67 bits per heavy atom. The lowest BCUT2D eigenvalue weighted by Gasteiger charge is -2.40. The fourth-order valence-corrected chi connectivity index (χ4v) is 3.86. The number of rotatable bonds is 6. The molecule has 0 radical (unpaired) electrons. The predicted octanol–water partition coefficient (Wildman–Crippen LogP) is 3.09. The first-order valence-electron chi connectivity index (χ1n) is 10.7. The number of halogens is 1. The quantitative estimate of drug-likeness (QED) is 0.627. The van der Waals surface area contributed by atoms with Crippen molar-refractivity contribution < 1.29 is 18.7 Å². The van der Waals surface area contributed by atoms with Crippen LogP contribution in [0.3, 0.4) is 0 Å². The van der Waals surface area contributed by atoms with E-state index in [1.54, 1.807) is 24.1 Å². The molecule has 0 bridgehead atoms. The van der Waals surface area contributed by atoms with E-state index in [1.807, 2.05) is 30.3 Å². The Labute approximate surface area is 191 Å². The monoisotopic (exact) mass is 448 g/mol. The van der Waals surface area contributed by atoms with Crippen LogP contribution < -0.4 is 10.1 Å². The van der Waals surface area contributed by atoms with Crippen LogP contribution in [0.1, 0.15) is 15.9 Å². The van der Waals surface area contributed by atoms with Crippen molar-refractivity contribution in [2.24, 2.45) is 0 Å². The first-order chi connectivity index (χ1) is 16.0. The van der Waals surface area contributed by atoms with E-state index < -0.39 is 11.9 Å². The number of ether oxygens (including phenoxy) is 1. The van der Waals surface area contributed by atoms with Crippen molar-refractivity contribution in [3.63, 3.8) is 0 Å². The molecule has 1 aliphatic heterocycles. The van der Waals surface area contributed by atoms with Gasteiger partial charge < -0.3 is 15.0 Å². The molecule has 3 aromatic rings. The van der Waals surface area contributed by atoms with Gasteiger partial charge in [0, 0.05) is 57.1 Å². The Kier molecular flexibility index (Phi) is 6.95. The van der Waals surface area contributed by atoms with E-state index in [0.717, 1.165) is 5.56 Å². The van der Waals surface area contributed by atoms with Crippen LogP contribution in [0.25, 0.3) is 0 Å². The summed E-state index contributed by atoms with van der Waals surface area (Å²) in [7, 11) is 1.60. The average molecular weight is 448 g/mol. The number of piperazine rings is 1. The molecule has 33 heavy (non-hydrogen) atoms. The van der Waals surface area contributed by atoms with Gasteiger partial charge in [-0.3, -0.25) is 14.5 Å². The van der Waals surface area contributed by atoms with E-state index in [-0.39, 0.29) is 24.2 Å². The van der Waals surface area contributed by atoms with Gasteiger partial charge in [-0.25, -0.2) is 9.37 Å². The molecule has 0 saturated carbocycles. The number of hydrogen-bond acceptors (Lipinski definition) is 5. The Bertz CT molecular complexity index is 1130. The second-order valence-corrected chi connectivity index (χ2v) is 7.78. The second kappa shape index (κ2) is 10.2. The van der Waals surface area contributed by atoms with E-state index in [1.165, 1.54) is 30.5 Å². The largest absolute Gasteiger partial charge is 0.439 e. The maximum Gasteiger partial charge on any atom is 0.254 e. The number of carbonyl (C=O) groups excluding carboxylic acids is 2. The molecule has 2 aromatic carbocycles. The maximum atomic E-state index is 13.4. The lowest BCUT2D eigenvalue weighted by atomic mass is 10.1. The number of pyridine rings is 1. The highest BCUT2D eigenvalue weighted by molar-refractivity contribution is 5.95. The highest BCUT2D eigenvalue weighted by Gasteiger charge is 2.34. The molecule has 1 fully saturated rings. The molecule has 1 aromatic heterocycles. The molecular weight excluding hydrogens is 423 g/mol.